The van der Waals surface area contributed by atoms with Crippen LogP contribution >= 0.6 is 35.0 Å². The van der Waals surface area contributed by atoms with Crippen molar-refractivity contribution in [2.45, 2.75) is 24.1 Å². The second kappa shape index (κ2) is 7.04. The van der Waals surface area contributed by atoms with E-state index in [4.69, 9.17) is 27.9 Å². The standard InChI is InChI=1S/C15H12Cl2N2OS/c1-9(2)21-15-6-5-14(13(8-18)19-15)20-10-3-4-11(16)12(17)7-10/h3-7,9H,1-2H3. The van der Waals surface area contributed by atoms with E-state index in [1.807, 2.05) is 12.1 Å². The van der Waals surface area contributed by atoms with E-state index in [0.29, 0.717) is 26.8 Å². The van der Waals surface area contributed by atoms with Gasteiger partial charge in [-0.15, -0.1) is 11.8 Å². The van der Waals surface area contributed by atoms with Gasteiger partial charge in [-0.25, -0.2) is 4.98 Å². The highest BCUT2D eigenvalue weighted by Gasteiger charge is 2.10. The molecule has 1 heterocycles. The Balaban J connectivity index is 2.27. The average molecular weight is 339 g/mol. The van der Waals surface area contributed by atoms with Gasteiger partial charge in [-0.05, 0) is 24.3 Å². The van der Waals surface area contributed by atoms with Crippen molar-refractivity contribution >= 4 is 35.0 Å². The first kappa shape index (κ1) is 16.0. The molecule has 0 aliphatic carbocycles. The van der Waals surface area contributed by atoms with E-state index in [-0.39, 0.29) is 5.69 Å². The summed E-state index contributed by atoms with van der Waals surface area (Å²) in [6.45, 7) is 4.14. The van der Waals surface area contributed by atoms with Gasteiger partial charge in [-0.1, -0.05) is 37.0 Å². The molecule has 0 radical (unpaired) electrons. The summed E-state index contributed by atoms with van der Waals surface area (Å²) in [6, 6.07) is 10.5. The molecule has 0 amide bonds. The van der Waals surface area contributed by atoms with Crippen molar-refractivity contribution in [3.05, 3.63) is 46.1 Å². The second-order valence-corrected chi connectivity index (χ2v) is 6.86. The molecule has 0 atom stereocenters. The SMILES string of the molecule is CC(C)Sc1ccc(Oc2ccc(Cl)c(Cl)c2)c(C#N)n1. The van der Waals surface area contributed by atoms with Crippen LogP contribution in [0.3, 0.4) is 0 Å². The third kappa shape index (κ3) is 4.28. The fourth-order valence-corrected chi connectivity index (χ4v) is 2.63. The average Bonchev–Trinajstić information content (AvgIpc) is 2.44. The quantitative estimate of drug-likeness (QED) is 0.685. The first-order valence-electron chi connectivity index (χ1n) is 6.20. The van der Waals surface area contributed by atoms with Crippen LogP contribution in [-0.4, -0.2) is 10.2 Å². The Kier molecular flexibility index (Phi) is 5.35. The van der Waals surface area contributed by atoms with Crippen molar-refractivity contribution in [3.8, 4) is 17.6 Å². The molecular formula is C15H12Cl2N2OS. The molecule has 108 valence electrons. The van der Waals surface area contributed by atoms with Gasteiger partial charge >= 0.3 is 0 Å². The number of hydrogen-bond donors (Lipinski definition) is 0. The highest BCUT2D eigenvalue weighted by Crippen LogP contribution is 2.31. The zero-order valence-electron chi connectivity index (χ0n) is 11.4. The molecule has 0 N–H and O–H groups in total. The molecular weight excluding hydrogens is 327 g/mol. The topological polar surface area (TPSA) is 45.9 Å². The third-order valence-corrected chi connectivity index (χ3v) is 4.09. The van der Waals surface area contributed by atoms with Crippen LogP contribution in [0.2, 0.25) is 10.0 Å². The fraction of sp³-hybridized carbons (Fsp3) is 0.200. The predicted octanol–water partition coefficient (Wildman–Crippen LogP) is 5.55. The van der Waals surface area contributed by atoms with E-state index in [9.17, 15) is 5.26 Å². The zero-order valence-corrected chi connectivity index (χ0v) is 13.8. The van der Waals surface area contributed by atoms with Crippen LogP contribution in [0.25, 0.3) is 0 Å². The van der Waals surface area contributed by atoms with Crippen molar-refractivity contribution < 1.29 is 4.74 Å². The van der Waals surface area contributed by atoms with Gasteiger partial charge in [0, 0.05) is 11.3 Å². The van der Waals surface area contributed by atoms with Gasteiger partial charge in [-0.3, -0.25) is 0 Å². The molecule has 2 rings (SSSR count). The van der Waals surface area contributed by atoms with E-state index >= 15 is 0 Å². The smallest absolute Gasteiger partial charge is 0.184 e. The van der Waals surface area contributed by atoms with Crippen LogP contribution in [0.15, 0.2) is 35.4 Å². The molecule has 0 aliphatic rings. The number of nitriles is 1. The molecule has 0 saturated heterocycles. The van der Waals surface area contributed by atoms with Crippen molar-refractivity contribution in [2.75, 3.05) is 0 Å². The van der Waals surface area contributed by atoms with Crippen molar-refractivity contribution in [3.63, 3.8) is 0 Å². The van der Waals surface area contributed by atoms with Gasteiger partial charge in [0.1, 0.15) is 11.8 Å². The fourth-order valence-electron chi connectivity index (χ4n) is 1.57. The summed E-state index contributed by atoms with van der Waals surface area (Å²) in [5, 5.41) is 11.2. The van der Waals surface area contributed by atoms with Crippen molar-refractivity contribution in [1.29, 1.82) is 5.26 Å². The van der Waals surface area contributed by atoms with E-state index in [1.54, 1.807) is 36.0 Å². The minimum absolute atomic E-state index is 0.242. The van der Waals surface area contributed by atoms with Crippen LogP contribution in [0.1, 0.15) is 19.5 Å². The van der Waals surface area contributed by atoms with Crippen LogP contribution in [-0.2, 0) is 0 Å². The zero-order chi connectivity index (χ0) is 15.4. The van der Waals surface area contributed by atoms with Crippen LogP contribution in [0.5, 0.6) is 11.5 Å². The molecule has 0 fully saturated rings. The molecule has 6 heteroatoms. The third-order valence-electron chi connectivity index (χ3n) is 2.41. The van der Waals surface area contributed by atoms with Crippen molar-refractivity contribution in [1.82, 2.24) is 4.98 Å². The minimum atomic E-state index is 0.242. The number of aromatic nitrogens is 1. The Morgan fingerprint density at radius 2 is 1.95 bits per heavy atom. The second-order valence-electron chi connectivity index (χ2n) is 4.45. The monoisotopic (exact) mass is 338 g/mol. The normalized spacial score (nSPS) is 10.5. The number of benzene rings is 1. The highest BCUT2D eigenvalue weighted by molar-refractivity contribution is 7.99. The maximum atomic E-state index is 9.20. The number of pyridine rings is 1. The molecule has 0 saturated carbocycles. The molecule has 1 aromatic carbocycles. The first-order valence-corrected chi connectivity index (χ1v) is 7.84. The summed E-state index contributed by atoms with van der Waals surface area (Å²) in [5.41, 5.74) is 0.242. The van der Waals surface area contributed by atoms with E-state index in [2.05, 4.69) is 18.8 Å². The Labute approximate surface area is 137 Å². The molecule has 2 aromatic rings. The molecule has 21 heavy (non-hydrogen) atoms. The van der Waals surface area contributed by atoms with Gasteiger partial charge in [-0.2, -0.15) is 5.26 Å². The summed E-state index contributed by atoms with van der Waals surface area (Å²) in [4.78, 5) is 4.29. The Hall–Kier alpha value is -1.41. The largest absolute Gasteiger partial charge is 0.454 e. The molecule has 3 nitrogen and oxygen atoms in total. The molecule has 0 aliphatic heterocycles. The number of halogens is 2. The first-order chi connectivity index (χ1) is 9.99. The lowest BCUT2D eigenvalue weighted by Gasteiger charge is -2.09. The van der Waals surface area contributed by atoms with E-state index < -0.39 is 0 Å². The van der Waals surface area contributed by atoms with E-state index in [0.717, 1.165) is 5.03 Å². The molecule has 0 spiro atoms. The van der Waals surface area contributed by atoms with Gasteiger partial charge < -0.3 is 4.74 Å². The number of nitrogens with zero attached hydrogens (tertiary/aromatic N) is 2. The summed E-state index contributed by atoms with van der Waals surface area (Å²) in [7, 11) is 0. The minimum Gasteiger partial charge on any atom is -0.454 e. The molecule has 0 bridgehead atoms. The number of rotatable bonds is 4. The summed E-state index contributed by atoms with van der Waals surface area (Å²) < 4.78 is 5.66. The van der Waals surface area contributed by atoms with Gasteiger partial charge in [0.15, 0.2) is 11.4 Å². The Bertz CT molecular complexity index is 699. The Morgan fingerprint density at radius 1 is 1.19 bits per heavy atom. The molecule has 0 unspecified atom stereocenters. The maximum absolute atomic E-state index is 9.20. The summed E-state index contributed by atoms with van der Waals surface area (Å²) >= 11 is 13.4. The lowest BCUT2D eigenvalue weighted by atomic mass is 10.3. The number of thioether (sulfide) groups is 1. The van der Waals surface area contributed by atoms with E-state index in [1.165, 1.54) is 0 Å². The van der Waals surface area contributed by atoms with Gasteiger partial charge in [0.05, 0.1) is 15.1 Å². The Morgan fingerprint density at radius 3 is 2.57 bits per heavy atom. The van der Waals surface area contributed by atoms with Crippen LogP contribution < -0.4 is 4.74 Å². The maximum Gasteiger partial charge on any atom is 0.184 e. The highest BCUT2D eigenvalue weighted by atomic mass is 35.5. The summed E-state index contributed by atoms with van der Waals surface area (Å²) in [5.74, 6) is 0.899. The molecule has 1 aromatic heterocycles. The van der Waals surface area contributed by atoms with Crippen molar-refractivity contribution in [2.24, 2.45) is 0 Å². The lowest BCUT2D eigenvalue weighted by molar-refractivity contribution is 0.477. The lowest BCUT2D eigenvalue weighted by Crippen LogP contribution is -1.95. The summed E-state index contributed by atoms with van der Waals surface area (Å²) in [6.07, 6.45) is 0. The van der Waals surface area contributed by atoms with Crippen LogP contribution in [0, 0.1) is 11.3 Å². The number of hydrogen-bond acceptors (Lipinski definition) is 4. The predicted molar refractivity (Wildman–Crippen MR) is 86.5 cm³/mol. The van der Waals surface area contributed by atoms with Crippen LogP contribution in [0.4, 0.5) is 0 Å². The van der Waals surface area contributed by atoms with Gasteiger partial charge in [0.2, 0.25) is 0 Å². The number of ether oxygens (including phenoxy) is 1. The van der Waals surface area contributed by atoms with Gasteiger partial charge in [0.25, 0.3) is 0 Å².